The van der Waals surface area contributed by atoms with Crippen LogP contribution in [0.15, 0.2) is 42.1 Å². The van der Waals surface area contributed by atoms with Crippen LogP contribution in [0.4, 0.5) is 21.5 Å². The van der Waals surface area contributed by atoms with E-state index in [1.807, 2.05) is 19.9 Å². The van der Waals surface area contributed by atoms with Crippen molar-refractivity contribution in [3.63, 3.8) is 0 Å². The Hall–Kier alpha value is -3.39. The molecule has 9 heteroatoms. The Morgan fingerprint density at radius 1 is 1.19 bits per heavy atom. The number of esters is 1. The average Bonchev–Trinajstić information content (AvgIpc) is 2.82. The Bertz CT molecular complexity index is 1100. The monoisotopic (exact) mass is 445 g/mol. The number of nitrogens with one attached hydrogen (secondary N) is 2. The molecule has 0 saturated carbocycles. The van der Waals surface area contributed by atoms with Gasteiger partial charge in [0.1, 0.15) is 12.4 Å². The first-order chi connectivity index (χ1) is 14.7. The molecule has 3 rings (SSSR count). The van der Waals surface area contributed by atoms with Gasteiger partial charge in [0.2, 0.25) is 5.91 Å². The van der Waals surface area contributed by atoms with Gasteiger partial charge in [-0.1, -0.05) is 11.6 Å². The summed E-state index contributed by atoms with van der Waals surface area (Å²) in [6, 6.07) is 7.45. The number of carbonyl (C=O) groups is 3. The van der Waals surface area contributed by atoms with Gasteiger partial charge in [-0.25, -0.2) is 4.39 Å². The molecule has 1 aliphatic heterocycles. The third-order valence-corrected chi connectivity index (χ3v) is 5.12. The van der Waals surface area contributed by atoms with Crippen molar-refractivity contribution in [2.75, 3.05) is 29.2 Å². The first kappa shape index (κ1) is 22.3. The van der Waals surface area contributed by atoms with E-state index < -0.39 is 23.6 Å². The molecular formula is C22H21ClFN3O4. The number of amides is 2. The largest absolute Gasteiger partial charge is 0.469 e. The van der Waals surface area contributed by atoms with E-state index in [1.165, 1.54) is 30.2 Å². The van der Waals surface area contributed by atoms with Crippen LogP contribution in [-0.2, 0) is 19.1 Å². The molecular weight excluding hydrogens is 425 g/mol. The molecule has 2 N–H and O–H groups in total. The van der Waals surface area contributed by atoms with Gasteiger partial charge < -0.3 is 15.4 Å². The number of carbonyl (C=O) groups excluding carboxylic acids is 3. The molecule has 31 heavy (non-hydrogen) atoms. The van der Waals surface area contributed by atoms with Gasteiger partial charge in [0.25, 0.3) is 5.91 Å². The summed E-state index contributed by atoms with van der Waals surface area (Å²) in [5.74, 6) is -2.07. The van der Waals surface area contributed by atoms with E-state index in [2.05, 4.69) is 15.4 Å². The van der Waals surface area contributed by atoms with Gasteiger partial charge in [0, 0.05) is 17.5 Å². The number of fused-ring (bicyclic) bond motifs is 1. The number of nitrogens with zero attached hydrogens (tertiary/aromatic N) is 1. The van der Waals surface area contributed by atoms with E-state index in [1.54, 1.807) is 6.07 Å². The summed E-state index contributed by atoms with van der Waals surface area (Å²) in [4.78, 5) is 38.6. The van der Waals surface area contributed by atoms with Crippen molar-refractivity contribution in [2.24, 2.45) is 0 Å². The van der Waals surface area contributed by atoms with Crippen LogP contribution in [-0.4, -0.2) is 31.4 Å². The smallest absolute Gasteiger partial charge is 0.311 e. The molecule has 1 heterocycles. The van der Waals surface area contributed by atoms with Crippen LogP contribution in [0.25, 0.3) is 0 Å². The van der Waals surface area contributed by atoms with Gasteiger partial charge in [-0.05, 0) is 55.3 Å². The Kier molecular flexibility index (Phi) is 6.60. The van der Waals surface area contributed by atoms with Crippen LogP contribution in [0, 0.1) is 19.7 Å². The quantitative estimate of drug-likeness (QED) is 0.680. The lowest BCUT2D eigenvalue weighted by atomic mass is 10.1. The molecule has 162 valence electrons. The van der Waals surface area contributed by atoms with E-state index in [-0.39, 0.29) is 18.0 Å². The van der Waals surface area contributed by atoms with Gasteiger partial charge in [-0.2, -0.15) is 0 Å². The number of methoxy groups -OCH3 is 1. The lowest BCUT2D eigenvalue weighted by Crippen LogP contribution is -2.37. The zero-order valence-electron chi connectivity index (χ0n) is 17.2. The zero-order valence-corrected chi connectivity index (χ0v) is 18.0. The van der Waals surface area contributed by atoms with E-state index in [9.17, 15) is 18.8 Å². The fourth-order valence-electron chi connectivity index (χ4n) is 3.08. The van der Waals surface area contributed by atoms with Gasteiger partial charge in [-0.15, -0.1) is 0 Å². The normalized spacial score (nSPS) is 13.0. The van der Waals surface area contributed by atoms with Crippen molar-refractivity contribution in [1.29, 1.82) is 0 Å². The van der Waals surface area contributed by atoms with Crippen molar-refractivity contribution in [1.82, 2.24) is 0 Å². The molecule has 0 spiro atoms. The molecule has 1 aliphatic rings. The Morgan fingerprint density at radius 3 is 2.58 bits per heavy atom. The van der Waals surface area contributed by atoms with Gasteiger partial charge in [-0.3, -0.25) is 19.3 Å². The highest BCUT2D eigenvalue weighted by Gasteiger charge is 2.26. The maximum Gasteiger partial charge on any atom is 0.311 e. The summed E-state index contributed by atoms with van der Waals surface area (Å²) in [6.45, 7) is 3.52. The van der Waals surface area contributed by atoms with E-state index >= 15 is 0 Å². The molecule has 0 aliphatic carbocycles. The van der Waals surface area contributed by atoms with Crippen molar-refractivity contribution in [3.05, 3.63) is 64.1 Å². The minimum Gasteiger partial charge on any atom is -0.469 e. The molecule has 0 fully saturated rings. The number of benzene rings is 2. The molecule has 0 radical (unpaired) electrons. The SMILES string of the molecule is COC(=O)CC1=CC(=O)N(CC(=O)Nc2ccc(F)c(Cl)c2)c2cc(C)c(C)cc2N1. The van der Waals surface area contributed by atoms with Crippen molar-refractivity contribution >= 4 is 46.4 Å². The Labute approximate surface area is 183 Å². The average molecular weight is 446 g/mol. The van der Waals surface area contributed by atoms with Gasteiger partial charge >= 0.3 is 5.97 Å². The minimum atomic E-state index is -0.600. The summed E-state index contributed by atoms with van der Waals surface area (Å²) < 4.78 is 18.0. The van der Waals surface area contributed by atoms with Gasteiger partial charge in [0.15, 0.2) is 0 Å². The van der Waals surface area contributed by atoms with E-state index in [4.69, 9.17) is 11.6 Å². The molecule has 0 aromatic heterocycles. The predicted octanol–water partition coefficient (Wildman–Crippen LogP) is 3.94. The molecule has 0 unspecified atom stereocenters. The van der Waals surface area contributed by atoms with Crippen LogP contribution in [0.2, 0.25) is 5.02 Å². The standard InChI is InChI=1S/C22H21ClFN3O4/c1-12-6-18-19(7-13(12)2)27(21(29)9-15(25-18)10-22(30)31-3)11-20(28)26-14-4-5-17(24)16(23)8-14/h4-9,25H,10-11H2,1-3H3,(H,26,28). The Balaban J connectivity index is 1.91. The summed E-state index contributed by atoms with van der Waals surface area (Å²) in [5.41, 5.74) is 3.65. The molecule has 0 saturated heterocycles. The number of hydrogen-bond donors (Lipinski definition) is 2. The van der Waals surface area contributed by atoms with Crippen LogP contribution in [0.3, 0.4) is 0 Å². The number of anilines is 3. The predicted molar refractivity (Wildman–Crippen MR) is 117 cm³/mol. The van der Waals surface area contributed by atoms with Crippen LogP contribution in [0.1, 0.15) is 17.5 Å². The fraction of sp³-hybridized carbons (Fsp3) is 0.227. The first-order valence-corrected chi connectivity index (χ1v) is 9.77. The molecule has 2 aromatic rings. The lowest BCUT2D eigenvalue weighted by Gasteiger charge is -2.23. The second-order valence-corrected chi connectivity index (χ2v) is 7.51. The topological polar surface area (TPSA) is 87.7 Å². The van der Waals surface area contributed by atoms with Crippen LogP contribution < -0.4 is 15.5 Å². The zero-order chi connectivity index (χ0) is 22.7. The summed E-state index contributed by atoms with van der Waals surface area (Å²) >= 11 is 5.76. The molecule has 0 atom stereocenters. The van der Waals surface area contributed by atoms with Crippen LogP contribution in [0.5, 0.6) is 0 Å². The lowest BCUT2D eigenvalue weighted by molar-refractivity contribution is -0.139. The molecule has 2 amide bonds. The number of rotatable bonds is 5. The minimum absolute atomic E-state index is 0.122. The fourth-order valence-corrected chi connectivity index (χ4v) is 3.26. The number of halogens is 2. The highest BCUT2D eigenvalue weighted by atomic mass is 35.5. The number of aryl methyl sites for hydroxylation is 2. The number of hydrogen-bond acceptors (Lipinski definition) is 5. The van der Waals surface area contributed by atoms with Crippen molar-refractivity contribution in [2.45, 2.75) is 20.3 Å². The van der Waals surface area contributed by atoms with Crippen molar-refractivity contribution < 1.29 is 23.5 Å². The third-order valence-electron chi connectivity index (χ3n) is 4.83. The highest BCUT2D eigenvalue weighted by molar-refractivity contribution is 6.31. The van der Waals surface area contributed by atoms with Crippen LogP contribution >= 0.6 is 11.6 Å². The highest BCUT2D eigenvalue weighted by Crippen LogP contribution is 2.33. The summed E-state index contributed by atoms with van der Waals surface area (Å²) in [6.07, 6.45) is 1.15. The molecule has 7 nitrogen and oxygen atoms in total. The third kappa shape index (κ3) is 5.21. The van der Waals surface area contributed by atoms with E-state index in [0.29, 0.717) is 22.8 Å². The molecule has 0 bridgehead atoms. The second kappa shape index (κ2) is 9.18. The van der Waals surface area contributed by atoms with Gasteiger partial charge in [0.05, 0.1) is 29.9 Å². The maximum absolute atomic E-state index is 13.3. The summed E-state index contributed by atoms with van der Waals surface area (Å²) in [5, 5.41) is 5.58. The second-order valence-electron chi connectivity index (χ2n) is 7.10. The summed E-state index contributed by atoms with van der Waals surface area (Å²) in [7, 11) is 1.27. The van der Waals surface area contributed by atoms with E-state index in [0.717, 1.165) is 17.2 Å². The molecule has 2 aromatic carbocycles. The maximum atomic E-state index is 13.3. The Morgan fingerprint density at radius 2 is 1.90 bits per heavy atom. The first-order valence-electron chi connectivity index (χ1n) is 9.40. The number of ether oxygens (including phenoxy) is 1. The van der Waals surface area contributed by atoms with Crippen molar-refractivity contribution in [3.8, 4) is 0 Å².